The van der Waals surface area contributed by atoms with E-state index in [4.69, 9.17) is 10.9 Å². The van der Waals surface area contributed by atoms with E-state index in [2.05, 4.69) is 5.32 Å². The number of benzene rings is 1. The average Bonchev–Trinajstić information content (AvgIpc) is 2.37. The van der Waals surface area contributed by atoms with Crippen molar-refractivity contribution in [3.63, 3.8) is 0 Å². The number of anilines is 1. The van der Waals surface area contributed by atoms with E-state index >= 15 is 0 Å². The number of hydrogen-bond acceptors (Lipinski definition) is 4. The summed E-state index contributed by atoms with van der Waals surface area (Å²) in [6.45, 7) is 0.688. The maximum Gasteiger partial charge on any atom is 0.240 e. The Labute approximate surface area is 114 Å². The highest BCUT2D eigenvalue weighted by Gasteiger charge is 2.22. The molecule has 6 heteroatoms. The van der Waals surface area contributed by atoms with Gasteiger partial charge in [0, 0.05) is 12.6 Å². The van der Waals surface area contributed by atoms with Gasteiger partial charge in [0.1, 0.15) is 4.90 Å². The van der Waals surface area contributed by atoms with Gasteiger partial charge in [-0.15, -0.1) is 0 Å². The predicted molar refractivity (Wildman–Crippen MR) is 76.2 cm³/mol. The van der Waals surface area contributed by atoms with Crippen molar-refractivity contribution in [1.82, 2.24) is 0 Å². The maximum atomic E-state index is 11.5. The number of nitrogens with two attached hydrogens (primary N) is 2. The molecule has 0 aliphatic heterocycles. The Morgan fingerprint density at radius 2 is 1.89 bits per heavy atom. The van der Waals surface area contributed by atoms with Gasteiger partial charge in [0.2, 0.25) is 10.0 Å². The third-order valence-corrected chi connectivity index (χ3v) is 4.69. The Bertz CT molecular complexity index is 530. The lowest BCUT2D eigenvalue weighted by Gasteiger charge is -2.29. The van der Waals surface area contributed by atoms with Crippen molar-refractivity contribution < 1.29 is 8.42 Å². The second kappa shape index (κ2) is 5.90. The monoisotopic (exact) mass is 283 g/mol. The van der Waals surface area contributed by atoms with Crippen LogP contribution in [0.1, 0.15) is 25.7 Å². The maximum absolute atomic E-state index is 11.5. The molecule has 1 aromatic rings. The van der Waals surface area contributed by atoms with Gasteiger partial charge in [-0.3, -0.25) is 0 Å². The van der Waals surface area contributed by atoms with Gasteiger partial charge >= 0.3 is 0 Å². The fourth-order valence-electron chi connectivity index (χ4n) is 2.59. The molecule has 5 nitrogen and oxygen atoms in total. The number of rotatable bonds is 4. The van der Waals surface area contributed by atoms with E-state index in [9.17, 15) is 8.42 Å². The quantitative estimate of drug-likeness (QED) is 0.775. The molecule has 0 bridgehead atoms. The molecule has 5 N–H and O–H groups in total. The molecule has 0 spiro atoms. The van der Waals surface area contributed by atoms with Gasteiger partial charge in [-0.05, 0) is 30.9 Å². The average molecular weight is 283 g/mol. The number of para-hydroxylation sites is 1. The van der Waals surface area contributed by atoms with E-state index in [1.54, 1.807) is 18.2 Å². The van der Waals surface area contributed by atoms with Crippen LogP contribution in [0.3, 0.4) is 0 Å². The normalized spacial score (nSPS) is 24.1. The molecule has 1 saturated carbocycles. The third kappa shape index (κ3) is 3.68. The summed E-state index contributed by atoms with van der Waals surface area (Å²) >= 11 is 0. The van der Waals surface area contributed by atoms with Gasteiger partial charge in [0.25, 0.3) is 0 Å². The van der Waals surface area contributed by atoms with Gasteiger partial charge in [-0.25, -0.2) is 13.6 Å². The molecule has 2 unspecified atom stereocenters. The molecule has 0 amide bonds. The van der Waals surface area contributed by atoms with Crippen molar-refractivity contribution in [2.45, 2.75) is 36.6 Å². The van der Waals surface area contributed by atoms with Gasteiger partial charge in [-0.1, -0.05) is 25.0 Å². The van der Waals surface area contributed by atoms with Crippen molar-refractivity contribution in [2.24, 2.45) is 16.8 Å². The van der Waals surface area contributed by atoms with Gasteiger partial charge in [-0.2, -0.15) is 0 Å². The standard InChI is InChI=1S/C13H21N3O2S/c14-11-6-2-1-5-10(11)9-16-12-7-3-4-8-13(12)19(15,17)18/h3-4,7-8,10-11,16H,1-2,5-6,9,14H2,(H2,15,17,18). The first-order valence-electron chi connectivity index (χ1n) is 6.60. The Morgan fingerprint density at radius 3 is 2.58 bits per heavy atom. The summed E-state index contributed by atoms with van der Waals surface area (Å²) in [6.07, 6.45) is 4.51. The Kier molecular flexibility index (Phi) is 4.44. The lowest BCUT2D eigenvalue weighted by molar-refractivity contribution is 0.321. The van der Waals surface area contributed by atoms with Crippen LogP contribution in [0, 0.1) is 5.92 Å². The van der Waals surface area contributed by atoms with E-state index < -0.39 is 10.0 Å². The molecule has 1 aliphatic carbocycles. The minimum Gasteiger partial charge on any atom is -0.384 e. The van der Waals surface area contributed by atoms with Crippen molar-refractivity contribution >= 4 is 15.7 Å². The number of primary sulfonamides is 1. The molecular weight excluding hydrogens is 262 g/mol. The van der Waals surface area contributed by atoms with Crippen molar-refractivity contribution in [3.05, 3.63) is 24.3 Å². The summed E-state index contributed by atoms with van der Waals surface area (Å²) in [5.41, 5.74) is 6.64. The summed E-state index contributed by atoms with van der Waals surface area (Å²) < 4.78 is 23.0. The molecule has 1 aliphatic rings. The van der Waals surface area contributed by atoms with E-state index in [1.807, 2.05) is 0 Å². The molecule has 0 radical (unpaired) electrons. The molecule has 1 fully saturated rings. The van der Waals surface area contributed by atoms with E-state index in [0.29, 0.717) is 18.2 Å². The van der Waals surface area contributed by atoms with Crippen molar-refractivity contribution in [3.8, 4) is 0 Å². The van der Waals surface area contributed by atoms with Gasteiger partial charge in [0.15, 0.2) is 0 Å². The first-order chi connectivity index (χ1) is 8.98. The third-order valence-electron chi connectivity index (χ3n) is 3.72. The van der Waals surface area contributed by atoms with Crippen LogP contribution in [0.25, 0.3) is 0 Å². The molecule has 0 saturated heterocycles. The van der Waals surface area contributed by atoms with Crippen LogP contribution in [0.2, 0.25) is 0 Å². The molecule has 19 heavy (non-hydrogen) atoms. The largest absolute Gasteiger partial charge is 0.384 e. The van der Waals surface area contributed by atoms with E-state index in [0.717, 1.165) is 12.8 Å². The summed E-state index contributed by atoms with van der Waals surface area (Å²) in [4.78, 5) is 0.138. The second-order valence-electron chi connectivity index (χ2n) is 5.13. The van der Waals surface area contributed by atoms with Crippen LogP contribution in [-0.4, -0.2) is 21.0 Å². The minimum atomic E-state index is -3.69. The molecule has 2 rings (SSSR count). The smallest absolute Gasteiger partial charge is 0.240 e. The van der Waals surface area contributed by atoms with Crippen LogP contribution in [-0.2, 0) is 10.0 Å². The second-order valence-corrected chi connectivity index (χ2v) is 6.66. The van der Waals surface area contributed by atoms with E-state index in [1.165, 1.54) is 18.9 Å². The Balaban J connectivity index is 2.07. The van der Waals surface area contributed by atoms with Crippen LogP contribution < -0.4 is 16.2 Å². The van der Waals surface area contributed by atoms with Crippen LogP contribution >= 0.6 is 0 Å². The fourth-order valence-corrected chi connectivity index (χ4v) is 3.31. The Hall–Kier alpha value is -1.11. The molecule has 1 aromatic carbocycles. The zero-order valence-corrected chi connectivity index (χ0v) is 11.7. The van der Waals surface area contributed by atoms with Crippen molar-refractivity contribution in [1.29, 1.82) is 0 Å². The highest BCUT2D eigenvalue weighted by Crippen LogP contribution is 2.25. The molecule has 2 atom stereocenters. The molecule has 0 heterocycles. The van der Waals surface area contributed by atoms with Gasteiger partial charge < -0.3 is 11.1 Å². The van der Waals surface area contributed by atoms with Crippen LogP contribution in [0.4, 0.5) is 5.69 Å². The first-order valence-corrected chi connectivity index (χ1v) is 8.14. The van der Waals surface area contributed by atoms with E-state index in [-0.39, 0.29) is 10.9 Å². The zero-order valence-electron chi connectivity index (χ0n) is 10.9. The lowest BCUT2D eigenvalue weighted by atomic mass is 9.85. The number of hydrogen-bond donors (Lipinski definition) is 3. The van der Waals surface area contributed by atoms with Crippen molar-refractivity contribution in [2.75, 3.05) is 11.9 Å². The fraction of sp³-hybridized carbons (Fsp3) is 0.538. The van der Waals surface area contributed by atoms with Crippen LogP contribution in [0.5, 0.6) is 0 Å². The SMILES string of the molecule is NC1CCCCC1CNc1ccccc1S(N)(=O)=O. The Morgan fingerprint density at radius 1 is 1.21 bits per heavy atom. The predicted octanol–water partition coefficient (Wildman–Crippen LogP) is 1.26. The minimum absolute atomic E-state index is 0.138. The lowest BCUT2D eigenvalue weighted by Crippen LogP contribution is -2.37. The summed E-state index contributed by atoms with van der Waals surface area (Å²) in [6, 6.07) is 6.89. The molecular formula is C13H21N3O2S. The van der Waals surface area contributed by atoms with Crippen LogP contribution in [0.15, 0.2) is 29.2 Å². The summed E-state index contributed by atoms with van der Waals surface area (Å²) in [7, 11) is -3.69. The summed E-state index contributed by atoms with van der Waals surface area (Å²) in [5, 5.41) is 8.38. The van der Waals surface area contributed by atoms with Gasteiger partial charge in [0.05, 0.1) is 5.69 Å². The first kappa shape index (κ1) is 14.3. The molecule has 0 aromatic heterocycles. The number of sulfonamides is 1. The topological polar surface area (TPSA) is 98.2 Å². The number of nitrogens with one attached hydrogen (secondary N) is 1. The highest BCUT2D eigenvalue weighted by atomic mass is 32.2. The summed E-state index contributed by atoms with van der Waals surface area (Å²) in [5.74, 6) is 0.391. The highest BCUT2D eigenvalue weighted by molar-refractivity contribution is 7.89. The molecule has 106 valence electrons. The zero-order chi connectivity index (χ0) is 13.9.